The first-order valence-corrected chi connectivity index (χ1v) is 4.97. The Labute approximate surface area is 111 Å². The standard InChI is InChI=1S/C10H5F7N2O2/c11-4-1-2-5(12)6(3-4)18-8(21)19-7(20)9(13,14)10(15,16)17/h1-3H,(H2,18,19,20,21). The molecule has 1 rings (SSSR count). The zero-order valence-corrected chi connectivity index (χ0v) is 9.69. The second-order valence-electron chi connectivity index (χ2n) is 3.60. The van der Waals surface area contributed by atoms with Crippen LogP contribution in [0.1, 0.15) is 0 Å². The number of halogens is 7. The molecule has 0 atom stereocenters. The highest BCUT2D eigenvalue weighted by molar-refractivity contribution is 6.03. The summed E-state index contributed by atoms with van der Waals surface area (Å²) in [5, 5.41) is 2.09. The first kappa shape index (κ1) is 16.7. The van der Waals surface area contributed by atoms with Crippen LogP contribution in [-0.2, 0) is 4.79 Å². The summed E-state index contributed by atoms with van der Waals surface area (Å²) in [5.41, 5.74) is -0.851. The third-order valence-corrected chi connectivity index (χ3v) is 2.04. The number of carbonyl (C=O) groups excluding carboxylic acids is 2. The van der Waals surface area contributed by atoms with E-state index in [1.54, 1.807) is 0 Å². The van der Waals surface area contributed by atoms with E-state index in [4.69, 9.17) is 0 Å². The van der Waals surface area contributed by atoms with Crippen LogP contribution in [0.15, 0.2) is 18.2 Å². The number of alkyl halides is 5. The second-order valence-corrected chi connectivity index (χ2v) is 3.60. The second kappa shape index (κ2) is 5.58. The maximum atomic E-state index is 13.1. The number of imide groups is 1. The molecule has 0 spiro atoms. The average Bonchev–Trinajstić information content (AvgIpc) is 2.32. The zero-order chi connectivity index (χ0) is 16.4. The Morgan fingerprint density at radius 1 is 1.00 bits per heavy atom. The van der Waals surface area contributed by atoms with Gasteiger partial charge in [-0.1, -0.05) is 0 Å². The zero-order valence-electron chi connectivity index (χ0n) is 9.69. The molecule has 1 aromatic rings. The van der Waals surface area contributed by atoms with Crippen molar-refractivity contribution in [2.75, 3.05) is 5.32 Å². The van der Waals surface area contributed by atoms with E-state index in [9.17, 15) is 40.3 Å². The molecule has 0 aliphatic rings. The van der Waals surface area contributed by atoms with Gasteiger partial charge >= 0.3 is 24.0 Å². The minimum Gasteiger partial charge on any atom is -0.305 e. The summed E-state index contributed by atoms with van der Waals surface area (Å²) < 4.78 is 86.3. The smallest absolute Gasteiger partial charge is 0.305 e. The van der Waals surface area contributed by atoms with Crippen LogP contribution >= 0.6 is 0 Å². The number of hydrogen-bond donors (Lipinski definition) is 2. The molecule has 0 fully saturated rings. The number of nitrogens with one attached hydrogen (secondary N) is 2. The number of carbonyl (C=O) groups is 2. The molecule has 0 radical (unpaired) electrons. The summed E-state index contributed by atoms with van der Waals surface area (Å²) in [6, 6.07) is -0.215. The van der Waals surface area contributed by atoms with Gasteiger partial charge in [0, 0.05) is 6.07 Å². The molecule has 0 saturated carbocycles. The molecule has 0 saturated heterocycles. The minimum atomic E-state index is -6.21. The number of anilines is 1. The van der Waals surface area contributed by atoms with Crippen molar-refractivity contribution in [3.63, 3.8) is 0 Å². The van der Waals surface area contributed by atoms with E-state index in [1.807, 2.05) is 0 Å². The van der Waals surface area contributed by atoms with Crippen LogP contribution in [0.3, 0.4) is 0 Å². The van der Waals surface area contributed by atoms with Crippen LogP contribution in [0.2, 0.25) is 0 Å². The summed E-state index contributed by atoms with van der Waals surface area (Å²) in [4.78, 5) is 21.7. The van der Waals surface area contributed by atoms with Crippen LogP contribution < -0.4 is 10.6 Å². The van der Waals surface area contributed by atoms with E-state index < -0.39 is 41.4 Å². The Morgan fingerprint density at radius 3 is 2.10 bits per heavy atom. The van der Waals surface area contributed by atoms with Crippen molar-refractivity contribution in [1.29, 1.82) is 0 Å². The number of urea groups is 1. The minimum absolute atomic E-state index is 0.432. The topological polar surface area (TPSA) is 58.2 Å². The van der Waals surface area contributed by atoms with Crippen molar-refractivity contribution in [3.05, 3.63) is 29.8 Å². The summed E-state index contributed by atoms with van der Waals surface area (Å²) in [7, 11) is 0. The third kappa shape index (κ3) is 3.83. The van der Waals surface area contributed by atoms with Crippen LogP contribution in [0.25, 0.3) is 0 Å². The van der Waals surface area contributed by atoms with E-state index in [1.165, 1.54) is 5.32 Å². The first-order chi connectivity index (χ1) is 9.45. The van der Waals surface area contributed by atoms with Crippen molar-refractivity contribution in [1.82, 2.24) is 5.32 Å². The van der Waals surface area contributed by atoms with Gasteiger partial charge in [-0.05, 0) is 12.1 Å². The summed E-state index contributed by atoms with van der Waals surface area (Å²) in [6.45, 7) is 0. The van der Waals surface area contributed by atoms with Crippen LogP contribution in [0.5, 0.6) is 0 Å². The summed E-state index contributed by atoms with van der Waals surface area (Å²) in [6.07, 6.45) is -6.21. The molecule has 0 bridgehead atoms. The molecule has 0 aromatic heterocycles. The molecule has 0 heterocycles. The fourth-order valence-electron chi connectivity index (χ4n) is 1.06. The molecule has 4 nitrogen and oxygen atoms in total. The predicted molar refractivity (Wildman–Crippen MR) is 54.5 cm³/mol. The molecule has 11 heteroatoms. The molecule has 1 aromatic carbocycles. The number of hydrogen-bond acceptors (Lipinski definition) is 2. The van der Waals surface area contributed by atoms with Gasteiger partial charge in [0.05, 0.1) is 5.69 Å². The van der Waals surface area contributed by atoms with E-state index in [-0.39, 0.29) is 0 Å². The number of benzene rings is 1. The monoisotopic (exact) mass is 318 g/mol. The summed E-state index contributed by atoms with van der Waals surface area (Å²) >= 11 is 0. The molecule has 2 N–H and O–H groups in total. The molecule has 116 valence electrons. The van der Waals surface area contributed by atoms with Crippen molar-refractivity contribution < 1.29 is 40.3 Å². The summed E-state index contributed by atoms with van der Waals surface area (Å²) in [5.74, 6) is -11.0. The average molecular weight is 318 g/mol. The van der Waals surface area contributed by atoms with Crippen molar-refractivity contribution >= 4 is 17.6 Å². The van der Waals surface area contributed by atoms with E-state index in [0.29, 0.717) is 23.5 Å². The van der Waals surface area contributed by atoms with Crippen molar-refractivity contribution in [2.24, 2.45) is 0 Å². The maximum absolute atomic E-state index is 13.1. The van der Waals surface area contributed by atoms with Gasteiger partial charge in [-0.3, -0.25) is 10.1 Å². The molecule has 3 amide bonds. The van der Waals surface area contributed by atoms with Crippen molar-refractivity contribution in [3.8, 4) is 0 Å². The Kier molecular flexibility index (Phi) is 4.44. The van der Waals surface area contributed by atoms with Gasteiger partial charge in [0.2, 0.25) is 0 Å². The lowest BCUT2D eigenvalue weighted by molar-refractivity contribution is -0.269. The lowest BCUT2D eigenvalue weighted by atomic mass is 10.3. The lowest BCUT2D eigenvalue weighted by Crippen LogP contribution is -2.52. The van der Waals surface area contributed by atoms with Gasteiger partial charge in [0.15, 0.2) is 0 Å². The molecule has 0 unspecified atom stereocenters. The van der Waals surface area contributed by atoms with E-state index in [2.05, 4.69) is 0 Å². The quantitative estimate of drug-likeness (QED) is 0.824. The highest BCUT2D eigenvalue weighted by atomic mass is 19.4. The fourth-order valence-corrected chi connectivity index (χ4v) is 1.06. The van der Waals surface area contributed by atoms with Crippen molar-refractivity contribution in [2.45, 2.75) is 12.1 Å². The molecule has 0 aliphatic heterocycles. The lowest BCUT2D eigenvalue weighted by Gasteiger charge is -2.18. The van der Waals surface area contributed by atoms with Crippen LogP contribution in [-0.4, -0.2) is 24.0 Å². The Morgan fingerprint density at radius 2 is 1.57 bits per heavy atom. The molecule has 0 aliphatic carbocycles. The number of amides is 3. The third-order valence-electron chi connectivity index (χ3n) is 2.04. The van der Waals surface area contributed by atoms with E-state index in [0.717, 1.165) is 0 Å². The Bertz CT molecular complexity index is 571. The van der Waals surface area contributed by atoms with Gasteiger partial charge in [0.1, 0.15) is 11.6 Å². The largest absolute Gasteiger partial charge is 0.463 e. The van der Waals surface area contributed by atoms with Gasteiger partial charge in [-0.15, -0.1) is 0 Å². The van der Waals surface area contributed by atoms with Crippen LogP contribution in [0, 0.1) is 11.6 Å². The Balaban J connectivity index is 2.79. The highest BCUT2D eigenvalue weighted by Crippen LogP contribution is 2.35. The maximum Gasteiger partial charge on any atom is 0.463 e. The molecular formula is C10H5F7N2O2. The SMILES string of the molecule is O=C(NC(=O)C(F)(F)C(F)(F)F)Nc1cc(F)ccc1F. The highest BCUT2D eigenvalue weighted by Gasteiger charge is 2.63. The first-order valence-electron chi connectivity index (χ1n) is 4.97. The van der Waals surface area contributed by atoms with E-state index >= 15 is 0 Å². The number of rotatable bonds is 2. The van der Waals surface area contributed by atoms with Gasteiger partial charge < -0.3 is 5.32 Å². The van der Waals surface area contributed by atoms with Gasteiger partial charge in [0.25, 0.3) is 0 Å². The molecular weight excluding hydrogens is 313 g/mol. The Hall–Kier alpha value is -2.33. The van der Waals surface area contributed by atoms with Gasteiger partial charge in [-0.2, -0.15) is 22.0 Å². The fraction of sp³-hybridized carbons (Fsp3) is 0.200. The molecule has 21 heavy (non-hydrogen) atoms. The normalized spacial score (nSPS) is 12.0. The van der Waals surface area contributed by atoms with Gasteiger partial charge in [-0.25, -0.2) is 13.6 Å². The predicted octanol–water partition coefficient (Wildman–Crippen LogP) is 2.81. The van der Waals surface area contributed by atoms with Crippen LogP contribution in [0.4, 0.5) is 41.2 Å².